The van der Waals surface area contributed by atoms with E-state index in [0.717, 1.165) is 37.1 Å². The summed E-state index contributed by atoms with van der Waals surface area (Å²) in [5, 5.41) is 4.79. The van der Waals surface area contributed by atoms with Gasteiger partial charge in [0.2, 0.25) is 0 Å². The molecular weight excluding hydrogens is 334 g/mol. The van der Waals surface area contributed by atoms with Crippen molar-refractivity contribution < 1.29 is 4.79 Å². The normalized spacial score (nSPS) is 16.7. The zero-order valence-corrected chi connectivity index (χ0v) is 14.8. The van der Waals surface area contributed by atoms with E-state index in [1.807, 2.05) is 42.5 Å². The van der Waals surface area contributed by atoms with Crippen molar-refractivity contribution in [2.24, 2.45) is 5.10 Å². The molecule has 0 radical (unpaired) electrons. The third kappa shape index (κ3) is 4.91. The van der Waals surface area contributed by atoms with Gasteiger partial charge in [-0.15, -0.1) is 0 Å². The second-order valence-electron chi connectivity index (χ2n) is 6.20. The number of nitrogens with one attached hydrogen (secondary N) is 1. The number of hydrogen-bond acceptors (Lipinski definition) is 3. The number of hydrazone groups is 1. The predicted octanol–water partition coefficient (Wildman–Crippen LogP) is 4.02. The molecule has 0 spiro atoms. The highest BCUT2D eigenvalue weighted by atomic mass is 35.5. The average Bonchev–Trinajstić information content (AvgIpc) is 2.65. The minimum atomic E-state index is -0.302. The lowest BCUT2D eigenvalue weighted by Gasteiger charge is -2.33. The summed E-state index contributed by atoms with van der Waals surface area (Å²) in [6.07, 6.45) is 5.12. The molecule has 0 aromatic heterocycles. The zero-order chi connectivity index (χ0) is 17.5. The van der Waals surface area contributed by atoms with Gasteiger partial charge in [-0.3, -0.25) is 9.69 Å². The Morgan fingerprint density at radius 3 is 2.40 bits per heavy atom. The molecule has 2 aromatic carbocycles. The van der Waals surface area contributed by atoms with Crippen LogP contribution in [0.1, 0.15) is 36.4 Å². The Morgan fingerprint density at radius 2 is 1.72 bits per heavy atom. The SMILES string of the molecule is O=C(N/N=C\c1ccc(Cl)cc1)[C@@H](c1ccccc1)N1CCCCC1. The summed E-state index contributed by atoms with van der Waals surface area (Å²) in [6, 6.07) is 16.9. The molecule has 3 rings (SSSR count). The van der Waals surface area contributed by atoms with E-state index < -0.39 is 0 Å². The van der Waals surface area contributed by atoms with E-state index >= 15 is 0 Å². The summed E-state index contributed by atoms with van der Waals surface area (Å²) in [5.41, 5.74) is 4.59. The van der Waals surface area contributed by atoms with Gasteiger partial charge >= 0.3 is 0 Å². The lowest BCUT2D eigenvalue weighted by Crippen LogP contribution is -2.41. The minimum absolute atomic E-state index is 0.0988. The van der Waals surface area contributed by atoms with Crippen LogP contribution in [0.3, 0.4) is 0 Å². The Bertz CT molecular complexity index is 709. The molecule has 0 saturated carbocycles. The molecule has 4 nitrogen and oxygen atoms in total. The quantitative estimate of drug-likeness (QED) is 0.650. The molecule has 25 heavy (non-hydrogen) atoms. The highest BCUT2D eigenvalue weighted by Crippen LogP contribution is 2.24. The molecule has 1 atom stereocenters. The van der Waals surface area contributed by atoms with Crippen molar-refractivity contribution >= 4 is 23.7 Å². The molecule has 0 aliphatic carbocycles. The molecular formula is C20H22ClN3O. The largest absolute Gasteiger partial charge is 0.288 e. The van der Waals surface area contributed by atoms with Crippen LogP contribution in [-0.4, -0.2) is 30.1 Å². The van der Waals surface area contributed by atoms with Gasteiger partial charge < -0.3 is 0 Å². The smallest absolute Gasteiger partial charge is 0.262 e. The van der Waals surface area contributed by atoms with Crippen molar-refractivity contribution in [2.75, 3.05) is 13.1 Å². The highest BCUT2D eigenvalue weighted by molar-refractivity contribution is 6.30. The molecule has 0 bridgehead atoms. The van der Waals surface area contributed by atoms with Crippen molar-refractivity contribution in [1.29, 1.82) is 0 Å². The summed E-state index contributed by atoms with van der Waals surface area (Å²) in [4.78, 5) is 15.0. The topological polar surface area (TPSA) is 44.7 Å². The Labute approximate surface area is 153 Å². The number of carbonyl (C=O) groups excluding carboxylic acids is 1. The Hall–Kier alpha value is -2.17. The maximum Gasteiger partial charge on any atom is 0.262 e. The second-order valence-corrected chi connectivity index (χ2v) is 6.63. The van der Waals surface area contributed by atoms with E-state index in [-0.39, 0.29) is 11.9 Å². The first kappa shape index (κ1) is 17.6. The molecule has 1 aliphatic rings. The van der Waals surface area contributed by atoms with Crippen LogP contribution in [-0.2, 0) is 4.79 Å². The molecule has 1 aliphatic heterocycles. The summed E-state index contributed by atoms with van der Waals surface area (Å²) < 4.78 is 0. The first-order valence-electron chi connectivity index (χ1n) is 8.61. The van der Waals surface area contributed by atoms with Gasteiger partial charge in [-0.25, -0.2) is 5.43 Å². The molecule has 5 heteroatoms. The molecule has 1 saturated heterocycles. The van der Waals surface area contributed by atoms with Crippen molar-refractivity contribution in [3.8, 4) is 0 Å². The molecule has 1 N–H and O–H groups in total. The Morgan fingerprint density at radius 1 is 1.04 bits per heavy atom. The van der Waals surface area contributed by atoms with Gasteiger partial charge in [-0.1, -0.05) is 60.5 Å². The maximum absolute atomic E-state index is 12.8. The minimum Gasteiger partial charge on any atom is -0.288 e. The number of rotatable bonds is 5. The highest BCUT2D eigenvalue weighted by Gasteiger charge is 2.28. The fraction of sp³-hybridized carbons (Fsp3) is 0.300. The molecule has 1 fully saturated rings. The van der Waals surface area contributed by atoms with Gasteiger partial charge in [0.05, 0.1) is 6.21 Å². The van der Waals surface area contributed by atoms with E-state index in [2.05, 4.69) is 15.4 Å². The van der Waals surface area contributed by atoms with Gasteiger partial charge in [0.15, 0.2) is 0 Å². The van der Waals surface area contributed by atoms with Gasteiger partial charge in [-0.2, -0.15) is 5.10 Å². The Balaban J connectivity index is 1.71. The summed E-state index contributed by atoms with van der Waals surface area (Å²) in [5.74, 6) is -0.0988. The number of carbonyl (C=O) groups is 1. The standard InChI is InChI=1S/C20H22ClN3O/c21-18-11-9-16(10-12-18)15-22-23-20(25)19(17-7-3-1-4-8-17)24-13-5-2-6-14-24/h1,3-4,7-12,15,19H,2,5-6,13-14H2,(H,23,25)/b22-15-/t19-/m1/s1. The first-order chi connectivity index (χ1) is 12.2. The fourth-order valence-electron chi connectivity index (χ4n) is 3.12. The van der Waals surface area contributed by atoms with Crippen LogP contribution in [0.25, 0.3) is 0 Å². The van der Waals surface area contributed by atoms with Gasteiger partial charge in [-0.05, 0) is 49.2 Å². The Kier molecular flexibility index (Phi) is 6.20. The lowest BCUT2D eigenvalue weighted by molar-refractivity contribution is -0.127. The van der Waals surface area contributed by atoms with Crippen molar-refractivity contribution in [2.45, 2.75) is 25.3 Å². The molecule has 1 amide bonds. The number of amides is 1. The number of benzene rings is 2. The van der Waals surface area contributed by atoms with E-state index in [4.69, 9.17) is 11.6 Å². The zero-order valence-electron chi connectivity index (χ0n) is 14.1. The third-order valence-corrected chi connectivity index (χ3v) is 4.63. The van der Waals surface area contributed by atoms with E-state index in [9.17, 15) is 4.79 Å². The fourth-order valence-corrected chi connectivity index (χ4v) is 3.25. The van der Waals surface area contributed by atoms with Crippen LogP contribution in [0, 0.1) is 0 Å². The summed E-state index contributed by atoms with van der Waals surface area (Å²) >= 11 is 5.87. The van der Waals surface area contributed by atoms with Gasteiger partial charge in [0, 0.05) is 5.02 Å². The monoisotopic (exact) mass is 355 g/mol. The number of likely N-dealkylation sites (tertiary alicyclic amines) is 1. The number of hydrogen-bond donors (Lipinski definition) is 1. The van der Waals surface area contributed by atoms with Crippen LogP contribution in [0.2, 0.25) is 5.02 Å². The number of piperidine rings is 1. The van der Waals surface area contributed by atoms with E-state index in [1.54, 1.807) is 18.3 Å². The molecule has 130 valence electrons. The van der Waals surface area contributed by atoms with E-state index in [1.165, 1.54) is 6.42 Å². The number of halogens is 1. The first-order valence-corrected chi connectivity index (χ1v) is 8.99. The van der Waals surface area contributed by atoms with Crippen molar-refractivity contribution in [3.05, 3.63) is 70.7 Å². The van der Waals surface area contributed by atoms with Crippen LogP contribution in [0.5, 0.6) is 0 Å². The number of nitrogens with zero attached hydrogens (tertiary/aromatic N) is 2. The van der Waals surface area contributed by atoms with Crippen molar-refractivity contribution in [1.82, 2.24) is 10.3 Å². The van der Waals surface area contributed by atoms with Crippen LogP contribution >= 0.6 is 11.6 Å². The van der Waals surface area contributed by atoms with Gasteiger partial charge in [0.1, 0.15) is 6.04 Å². The third-order valence-electron chi connectivity index (χ3n) is 4.38. The second kappa shape index (κ2) is 8.79. The average molecular weight is 356 g/mol. The molecule has 0 unspecified atom stereocenters. The summed E-state index contributed by atoms with van der Waals surface area (Å²) in [6.45, 7) is 1.88. The van der Waals surface area contributed by atoms with Crippen LogP contribution in [0.15, 0.2) is 59.7 Å². The lowest BCUT2D eigenvalue weighted by atomic mass is 10.0. The summed E-state index contributed by atoms with van der Waals surface area (Å²) in [7, 11) is 0. The molecule has 2 aromatic rings. The predicted molar refractivity (Wildman–Crippen MR) is 102 cm³/mol. The maximum atomic E-state index is 12.8. The van der Waals surface area contributed by atoms with Gasteiger partial charge in [0.25, 0.3) is 5.91 Å². The van der Waals surface area contributed by atoms with E-state index in [0.29, 0.717) is 5.02 Å². The van der Waals surface area contributed by atoms with Crippen molar-refractivity contribution in [3.63, 3.8) is 0 Å². The van der Waals surface area contributed by atoms with Crippen LogP contribution < -0.4 is 5.43 Å². The molecule has 1 heterocycles. The van der Waals surface area contributed by atoms with Crippen LogP contribution in [0.4, 0.5) is 0 Å².